The summed E-state index contributed by atoms with van der Waals surface area (Å²) in [5, 5.41) is 4.34. The molecule has 0 amide bonds. The van der Waals surface area contributed by atoms with Gasteiger partial charge >= 0.3 is 0 Å². The van der Waals surface area contributed by atoms with E-state index in [-0.39, 0.29) is 5.41 Å². The largest absolute Gasteiger partial charge is 0.490 e. The normalized spacial score (nSPS) is 11.9. The lowest BCUT2D eigenvalue weighted by molar-refractivity contribution is 0.276. The van der Waals surface area contributed by atoms with E-state index in [1.54, 1.807) is 0 Å². The molecule has 0 radical (unpaired) electrons. The van der Waals surface area contributed by atoms with E-state index < -0.39 is 0 Å². The van der Waals surface area contributed by atoms with Crippen molar-refractivity contribution >= 4 is 0 Å². The van der Waals surface area contributed by atoms with Gasteiger partial charge in [-0.3, -0.25) is 4.68 Å². The van der Waals surface area contributed by atoms with E-state index in [2.05, 4.69) is 18.9 Å². The molecule has 0 fully saturated rings. The van der Waals surface area contributed by atoms with Gasteiger partial charge in [-0.1, -0.05) is 13.8 Å². The second-order valence-corrected chi connectivity index (χ2v) is 5.80. The van der Waals surface area contributed by atoms with Crippen LogP contribution in [0.4, 0.5) is 0 Å². The average molecular weight is 253 g/mol. The summed E-state index contributed by atoms with van der Waals surface area (Å²) in [6.07, 6.45) is 3.37. The molecule has 104 valence electrons. The second kappa shape index (κ2) is 6.23. The summed E-state index contributed by atoms with van der Waals surface area (Å²) < 4.78 is 7.69. The predicted octanol–water partition coefficient (Wildman–Crippen LogP) is 2.57. The number of aromatic nitrogens is 2. The summed E-state index contributed by atoms with van der Waals surface area (Å²) in [6.45, 7) is 9.95. The number of nitrogens with zero attached hydrogens (tertiary/aromatic N) is 2. The van der Waals surface area contributed by atoms with Crippen molar-refractivity contribution in [3.8, 4) is 5.75 Å². The first-order valence-electron chi connectivity index (χ1n) is 6.70. The molecule has 0 aliphatic carbocycles. The van der Waals surface area contributed by atoms with Gasteiger partial charge in [0.1, 0.15) is 5.69 Å². The zero-order valence-electron chi connectivity index (χ0n) is 12.4. The second-order valence-electron chi connectivity index (χ2n) is 5.80. The first-order chi connectivity index (χ1) is 8.37. The van der Waals surface area contributed by atoms with Crippen molar-refractivity contribution < 1.29 is 4.74 Å². The van der Waals surface area contributed by atoms with E-state index in [4.69, 9.17) is 10.5 Å². The SMILES string of the molecule is Cc1nn(C)c(C)c1OCCCCC(C)(C)CN. The van der Waals surface area contributed by atoms with Gasteiger partial charge in [-0.2, -0.15) is 5.10 Å². The molecular formula is C14H27N3O. The molecule has 1 aromatic heterocycles. The summed E-state index contributed by atoms with van der Waals surface area (Å²) in [4.78, 5) is 0. The van der Waals surface area contributed by atoms with Crippen molar-refractivity contribution in [1.29, 1.82) is 0 Å². The van der Waals surface area contributed by atoms with Gasteiger partial charge in [0, 0.05) is 7.05 Å². The first-order valence-corrected chi connectivity index (χ1v) is 6.70. The minimum absolute atomic E-state index is 0.250. The molecule has 0 aromatic carbocycles. The number of unbranched alkanes of at least 4 members (excludes halogenated alkanes) is 1. The quantitative estimate of drug-likeness (QED) is 0.760. The molecule has 0 aliphatic heterocycles. The third-order valence-corrected chi connectivity index (χ3v) is 3.49. The average Bonchev–Trinajstić information content (AvgIpc) is 2.54. The molecule has 2 N–H and O–H groups in total. The minimum Gasteiger partial charge on any atom is -0.490 e. The monoisotopic (exact) mass is 253 g/mol. The number of ether oxygens (including phenoxy) is 1. The van der Waals surface area contributed by atoms with Crippen LogP contribution in [0.5, 0.6) is 5.75 Å². The van der Waals surface area contributed by atoms with Gasteiger partial charge in [-0.05, 0) is 45.1 Å². The zero-order valence-corrected chi connectivity index (χ0v) is 12.4. The Morgan fingerprint density at radius 3 is 2.44 bits per heavy atom. The van der Waals surface area contributed by atoms with E-state index in [1.165, 1.54) is 0 Å². The molecule has 0 atom stereocenters. The van der Waals surface area contributed by atoms with Crippen molar-refractivity contribution in [2.75, 3.05) is 13.2 Å². The molecular weight excluding hydrogens is 226 g/mol. The number of hydrogen-bond acceptors (Lipinski definition) is 3. The molecule has 4 nitrogen and oxygen atoms in total. The standard InChI is InChI=1S/C14H27N3O/c1-11-13(12(2)17(5)16-11)18-9-7-6-8-14(3,4)10-15/h6-10,15H2,1-5H3. The Morgan fingerprint density at radius 1 is 1.28 bits per heavy atom. The van der Waals surface area contributed by atoms with Crippen LogP contribution in [0.2, 0.25) is 0 Å². The van der Waals surface area contributed by atoms with Crippen molar-refractivity contribution in [2.24, 2.45) is 18.2 Å². The van der Waals surface area contributed by atoms with E-state index >= 15 is 0 Å². The fourth-order valence-electron chi connectivity index (χ4n) is 1.94. The number of hydrogen-bond donors (Lipinski definition) is 1. The third kappa shape index (κ3) is 4.02. The van der Waals surface area contributed by atoms with Crippen LogP contribution in [0.3, 0.4) is 0 Å². The van der Waals surface area contributed by atoms with Crippen LogP contribution in [0, 0.1) is 19.3 Å². The first kappa shape index (κ1) is 15.0. The highest BCUT2D eigenvalue weighted by molar-refractivity contribution is 5.31. The van der Waals surface area contributed by atoms with Gasteiger partial charge in [0.2, 0.25) is 0 Å². The lowest BCUT2D eigenvalue weighted by atomic mass is 9.87. The van der Waals surface area contributed by atoms with Crippen molar-refractivity contribution in [3.63, 3.8) is 0 Å². The molecule has 4 heteroatoms. The summed E-state index contributed by atoms with van der Waals surface area (Å²) in [6, 6.07) is 0. The lowest BCUT2D eigenvalue weighted by Gasteiger charge is -2.21. The van der Waals surface area contributed by atoms with Gasteiger partial charge < -0.3 is 10.5 Å². The van der Waals surface area contributed by atoms with Crippen LogP contribution in [0.25, 0.3) is 0 Å². The fraction of sp³-hybridized carbons (Fsp3) is 0.786. The molecule has 1 heterocycles. The van der Waals surface area contributed by atoms with Crippen molar-refractivity contribution in [3.05, 3.63) is 11.4 Å². The predicted molar refractivity (Wildman–Crippen MR) is 74.9 cm³/mol. The maximum atomic E-state index is 5.82. The van der Waals surface area contributed by atoms with Crippen molar-refractivity contribution in [1.82, 2.24) is 9.78 Å². The fourth-order valence-corrected chi connectivity index (χ4v) is 1.94. The van der Waals surface area contributed by atoms with Gasteiger partial charge in [-0.15, -0.1) is 0 Å². The van der Waals surface area contributed by atoms with Crippen LogP contribution < -0.4 is 10.5 Å². The summed E-state index contributed by atoms with van der Waals surface area (Å²) >= 11 is 0. The smallest absolute Gasteiger partial charge is 0.162 e. The van der Waals surface area contributed by atoms with Crippen LogP contribution >= 0.6 is 0 Å². The molecule has 0 bridgehead atoms. The summed E-state index contributed by atoms with van der Waals surface area (Å²) in [7, 11) is 1.94. The van der Waals surface area contributed by atoms with E-state index in [1.807, 2.05) is 25.6 Å². The maximum Gasteiger partial charge on any atom is 0.162 e. The van der Waals surface area contributed by atoms with Gasteiger partial charge in [0.15, 0.2) is 5.75 Å². The van der Waals surface area contributed by atoms with Gasteiger partial charge in [0.25, 0.3) is 0 Å². The molecule has 18 heavy (non-hydrogen) atoms. The Hall–Kier alpha value is -1.03. The Balaban J connectivity index is 2.30. The number of aryl methyl sites for hydroxylation is 2. The van der Waals surface area contributed by atoms with E-state index in [0.29, 0.717) is 0 Å². The molecule has 1 aromatic rings. The molecule has 0 unspecified atom stereocenters. The Labute approximate surface area is 111 Å². The highest BCUT2D eigenvalue weighted by Gasteiger charge is 2.15. The number of nitrogens with two attached hydrogens (primary N) is 1. The van der Waals surface area contributed by atoms with Crippen LogP contribution in [-0.4, -0.2) is 22.9 Å². The Kier molecular flexibility index (Phi) is 5.20. The topological polar surface area (TPSA) is 53.1 Å². The highest BCUT2D eigenvalue weighted by atomic mass is 16.5. The van der Waals surface area contributed by atoms with Gasteiger partial charge in [0.05, 0.1) is 12.3 Å². The third-order valence-electron chi connectivity index (χ3n) is 3.49. The maximum absolute atomic E-state index is 5.82. The zero-order chi connectivity index (χ0) is 13.8. The van der Waals surface area contributed by atoms with Crippen LogP contribution in [-0.2, 0) is 7.05 Å². The molecule has 0 spiro atoms. The highest BCUT2D eigenvalue weighted by Crippen LogP contribution is 2.23. The Bertz CT molecular complexity index is 383. The van der Waals surface area contributed by atoms with E-state index in [0.717, 1.165) is 49.6 Å². The van der Waals surface area contributed by atoms with Crippen LogP contribution in [0.15, 0.2) is 0 Å². The Morgan fingerprint density at radius 2 is 1.94 bits per heavy atom. The van der Waals surface area contributed by atoms with E-state index in [9.17, 15) is 0 Å². The summed E-state index contributed by atoms with van der Waals surface area (Å²) in [5.41, 5.74) is 8.02. The van der Waals surface area contributed by atoms with Gasteiger partial charge in [-0.25, -0.2) is 0 Å². The molecule has 0 saturated heterocycles. The van der Waals surface area contributed by atoms with Crippen LogP contribution in [0.1, 0.15) is 44.5 Å². The summed E-state index contributed by atoms with van der Waals surface area (Å²) in [5.74, 6) is 0.940. The lowest BCUT2D eigenvalue weighted by Crippen LogP contribution is -2.23. The number of rotatable bonds is 7. The molecule has 0 saturated carbocycles. The minimum atomic E-state index is 0.250. The van der Waals surface area contributed by atoms with Crippen molar-refractivity contribution in [2.45, 2.75) is 47.0 Å². The molecule has 0 aliphatic rings. The molecule has 1 rings (SSSR count).